The molecule has 1 aliphatic heterocycles. The second kappa shape index (κ2) is 2.95. The van der Waals surface area contributed by atoms with Gasteiger partial charge in [-0.2, -0.15) is 0 Å². The number of hydrogen-bond acceptors (Lipinski definition) is 2. The average Bonchev–Trinajstić information content (AvgIpc) is 2.32. The van der Waals surface area contributed by atoms with E-state index >= 15 is 0 Å². The molecule has 1 aliphatic rings. The van der Waals surface area contributed by atoms with Crippen LogP contribution in [0.4, 0.5) is 0 Å². The number of nitrogens with one attached hydrogen (secondary N) is 1. The van der Waals surface area contributed by atoms with E-state index in [9.17, 15) is 0 Å². The minimum absolute atomic E-state index is 0.824. The standard InChI is InChI=1S/C9H13NS/c1-2-7-3-4-11-9(7)8-5-10-6-8/h3-4,8,10H,2,5-6H2,1H3. The van der Waals surface area contributed by atoms with Gasteiger partial charge in [-0.25, -0.2) is 0 Å². The molecule has 2 heterocycles. The van der Waals surface area contributed by atoms with Crippen LogP contribution in [0.15, 0.2) is 11.4 Å². The summed E-state index contributed by atoms with van der Waals surface area (Å²) < 4.78 is 0. The quantitative estimate of drug-likeness (QED) is 0.710. The van der Waals surface area contributed by atoms with Crippen molar-refractivity contribution >= 4 is 11.3 Å². The third kappa shape index (κ3) is 1.21. The van der Waals surface area contributed by atoms with Gasteiger partial charge in [-0.15, -0.1) is 11.3 Å². The Labute approximate surface area is 71.4 Å². The van der Waals surface area contributed by atoms with E-state index in [-0.39, 0.29) is 0 Å². The molecular formula is C9H13NS. The molecular weight excluding hydrogens is 154 g/mol. The van der Waals surface area contributed by atoms with Crippen LogP contribution in [-0.2, 0) is 6.42 Å². The minimum atomic E-state index is 0.824. The van der Waals surface area contributed by atoms with Crippen LogP contribution in [-0.4, -0.2) is 13.1 Å². The maximum absolute atomic E-state index is 3.31. The summed E-state index contributed by atoms with van der Waals surface area (Å²) in [5.41, 5.74) is 1.56. The van der Waals surface area contributed by atoms with Crippen LogP contribution < -0.4 is 5.32 Å². The zero-order valence-corrected chi connectivity index (χ0v) is 7.58. The summed E-state index contributed by atoms with van der Waals surface area (Å²) in [5, 5.41) is 5.52. The van der Waals surface area contributed by atoms with Crippen LogP contribution in [0, 0.1) is 0 Å². The lowest BCUT2D eigenvalue weighted by Gasteiger charge is -2.27. The van der Waals surface area contributed by atoms with E-state index < -0.39 is 0 Å². The number of aryl methyl sites for hydroxylation is 1. The first-order chi connectivity index (χ1) is 5.42. The van der Waals surface area contributed by atoms with E-state index in [0.29, 0.717) is 0 Å². The monoisotopic (exact) mass is 167 g/mol. The van der Waals surface area contributed by atoms with Gasteiger partial charge in [0.05, 0.1) is 0 Å². The molecule has 0 radical (unpaired) electrons. The Bertz CT molecular complexity index is 237. The van der Waals surface area contributed by atoms with Crippen molar-refractivity contribution in [1.82, 2.24) is 5.32 Å². The average molecular weight is 167 g/mol. The predicted molar refractivity (Wildman–Crippen MR) is 49.3 cm³/mol. The van der Waals surface area contributed by atoms with Crippen molar-refractivity contribution in [2.24, 2.45) is 0 Å². The Kier molecular flexibility index (Phi) is 1.96. The van der Waals surface area contributed by atoms with Crippen molar-refractivity contribution in [3.63, 3.8) is 0 Å². The van der Waals surface area contributed by atoms with Gasteiger partial charge in [0.1, 0.15) is 0 Å². The van der Waals surface area contributed by atoms with E-state index in [2.05, 4.69) is 23.7 Å². The van der Waals surface area contributed by atoms with Crippen LogP contribution in [0.1, 0.15) is 23.3 Å². The first-order valence-corrected chi connectivity index (χ1v) is 5.06. The van der Waals surface area contributed by atoms with Crippen LogP contribution in [0.5, 0.6) is 0 Å². The summed E-state index contributed by atoms with van der Waals surface area (Å²) in [6.45, 7) is 4.61. The van der Waals surface area contributed by atoms with Crippen LogP contribution in [0.25, 0.3) is 0 Å². The van der Waals surface area contributed by atoms with Gasteiger partial charge in [0.25, 0.3) is 0 Å². The highest BCUT2D eigenvalue weighted by atomic mass is 32.1. The zero-order chi connectivity index (χ0) is 7.68. The van der Waals surface area contributed by atoms with E-state index in [0.717, 1.165) is 5.92 Å². The highest BCUT2D eigenvalue weighted by Gasteiger charge is 2.21. The second-order valence-electron chi connectivity index (χ2n) is 3.02. The van der Waals surface area contributed by atoms with Crippen molar-refractivity contribution in [3.8, 4) is 0 Å². The predicted octanol–water partition coefficient (Wildman–Crippen LogP) is 2.00. The maximum Gasteiger partial charge on any atom is 0.0185 e. The van der Waals surface area contributed by atoms with Gasteiger partial charge in [-0.1, -0.05) is 6.92 Å². The second-order valence-corrected chi connectivity index (χ2v) is 3.97. The fourth-order valence-electron chi connectivity index (χ4n) is 1.47. The van der Waals surface area contributed by atoms with Crippen LogP contribution in [0.2, 0.25) is 0 Å². The molecule has 1 saturated heterocycles. The molecule has 2 rings (SSSR count). The largest absolute Gasteiger partial charge is 0.315 e. The summed E-state index contributed by atoms with van der Waals surface area (Å²) in [5.74, 6) is 0.824. The van der Waals surface area contributed by atoms with Gasteiger partial charge in [-0.3, -0.25) is 0 Å². The van der Waals surface area contributed by atoms with E-state index in [1.54, 1.807) is 10.4 Å². The van der Waals surface area contributed by atoms with Gasteiger partial charge >= 0.3 is 0 Å². The molecule has 0 unspecified atom stereocenters. The molecule has 1 nitrogen and oxygen atoms in total. The van der Waals surface area contributed by atoms with Crippen molar-refractivity contribution < 1.29 is 0 Å². The fraction of sp³-hybridized carbons (Fsp3) is 0.556. The highest BCUT2D eigenvalue weighted by Crippen LogP contribution is 2.28. The number of thiophene rings is 1. The number of rotatable bonds is 2. The normalized spacial score (nSPS) is 18.3. The summed E-state index contributed by atoms with van der Waals surface area (Å²) in [4.78, 5) is 1.62. The highest BCUT2D eigenvalue weighted by molar-refractivity contribution is 7.10. The van der Waals surface area contributed by atoms with Crippen LogP contribution >= 0.6 is 11.3 Å². The van der Waals surface area contributed by atoms with Crippen LogP contribution in [0.3, 0.4) is 0 Å². The van der Waals surface area contributed by atoms with Gasteiger partial charge in [-0.05, 0) is 23.4 Å². The lowest BCUT2D eigenvalue weighted by atomic mass is 9.97. The number of hydrogen-bond donors (Lipinski definition) is 1. The zero-order valence-electron chi connectivity index (χ0n) is 6.76. The van der Waals surface area contributed by atoms with Gasteiger partial charge in [0.15, 0.2) is 0 Å². The van der Waals surface area contributed by atoms with E-state index in [1.165, 1.54) is 19.5 Å². The van der Waals surface area contributed by atoms with Crippen molar-refractivity contribution in [2.75, 3.05) is 13.1 Å². The lowest BCUT2D eigenvalue weighted by Crippen LogP contribution is -2.39. The Morgan fingerprint density at radius 1 is 1.64 bits per heavy atom. The van der Waals surface area contributed by atoms with E-state index in [1.807, 2.05) is 11.3 Å². The van der Waals surface area contributed by atoms with Crippen molar-refractivity contribution in [2.45, 2.75) is 19.3 Å². The molecule has 0 atom stereocenters. The SMILES string of the molecule is CCc1ccsc1C1CNC1. The summed E-state index contributed by atoms with van der Waals surface area (Å²) in [6.07, 6.45) is 1.19. The van der Waals surface area contributed by atoms with Gasteiger partial charge < -0.3 is 5.32 Å². The van der Waals surface area contributed by atoms with Gasteiger partial charge in [0, 0.05) is 23.9 Å². The first-order valence-electron chi connectivity index (χ1n) is 4.18. The Morgan fingerprint density at radius 2 is 2.45 bits per heavy atom. The molecule has 11 heavy (non-hydrogen) atoms. The molecule has 0 aliphatic carbocycles. The third-order valence-corrected chi connectivity index (χ3v) is 3.44. The fourth-order valence-corrected chi connectivity index (χ4v) is 2.57. The molecule has 1 aromatic heterocycles. The first kappa shape index (κ1) is 7.32. The molecule has 60 valence electrons. The molecule has 0 amide bonds. The van der Waals surface area contributed by atoms with E-state index in [4.69, 9.17) is 0 Å². The molecule has 0 bridgehead atoms. The molecule has 1 aromatic rings. The van der Waals surface area contributed by atoms with Gasteiger partial charge in [0.2, 0.25) is 0 Å². The van der Waals surface area contributed by atoms with Crippen molar-refractivity contribution in [1.29, 1.82) is 0 Å². The third-order valence-electron chi connectivity index (χ3n) is 2.31. The Balaban J connectivity index is 2.20. The lowest BCUT2D eigenvalue weighted by molar-refractivity contribution is 0.452. The summed E-state index contributed by atoms with van der Waals surface area (Å²) >= 11 is 1.92. The molecule has 0 aromatic carbocycles. The Morgan fingerprint density at radius 3 is 3.00 bits per heavy atom. The Hall–Kier alpha value is -0.340. The minimum Gasteiger partial charge on any atom is -0.315 e. The maximum atomic E-state index is 3.31. The molecule has 1 N–H and O–H groups in total. The molecule has 1 fully saturated rings. The summed E-state index contributed by atoms with van der Waals surface area (Å²) in [6, 6.07) is 2.26. The smallest absolute Gasteiger partial charge is 0.0185 e. The topological polar surface area (TPSA) is 12.0 Å². The molecule has 0 spiro atoms. The molecule has 0 saturated carbocycles. The summed E-state index contributed by atoms with van der Waals surface area (Å²) in [7, 11) is 0. The van der Waals surface area contributed by atoms with Crippen molar-refractivity contribution in [3.05, 3.63) is 21.9 Å². The molecule has 2 heteroatoms.